The maximum atomic E-state index is 5.20. The zero-order valence-electron chi connectivity index (χ0n) is 5.35. The van der Waals surface area contributed by atoms with Crippen molar-refractivity contribution in [3.8, 4) is 12.3 Å². The molecule has 0 aliphatic heterocycles. The summed E-state index contributed by atoms with van der Waals surface area (Å²) in [6.07, 6.45) is 9.30. The standard InChI is InChI=1S/C8H12/c1-3-7(2)6-8-4-5-8/h1,7-8H,4-6H2,2H3. The second-order valence-electron chi connectivity index (χ2n) is 2.75. The van der Waals surface area contributed by atoms with Gasteiger partial charge < -0.3 is 0 Å². The second-order valence-corrected chi connectivity index (χ2v) is 2.75. The summed E-state index contributed by atoms with van der Waals surface area (Å²) in [4.78, 5) is 0. The molecule has 1 atom stereocenters. The Morgan fingerprint density at radius 3 is 2.75 bits per heavy atom. The van der Waals surface area contributed by atoms with Gasteiger partial charge in [-0.05, 0) is 12.3 Å². The Hall–Kier alpha value is -0.440. The highest BCUT2D eigenvalue weighted by Gasteiger charge is 2.22. The fraction of sp³-hybridized carbons (Fsp3) is 0.750. The summed E-state index contributed by atoms with van der Waals surface area (Å²) in [6.45, 7) is 2.12. The molecule has 1 unspecified atom stereocenters. The van der Waals surface area contributed by atoms with Gasteiger partial charge in [-0.3, -0.25) is 0 Å². The van der Waals surface area contributed by atoms with Gasteiger partial charge in [0.2, 0.25) is 0 Å². The minimum atomic E-state index is 0.516. The van der Waals surface area contributed by atoms with Crippen molar-refractivity contribution in [2.24, 2.45) is 11.8 Å². The van der Waals surface area contributed by atoms with Crippen molar-refractivity contribution in [1.82, 2.24) is 0 Å². The predicted octanol–water partition coefficient (Wildman–Crippen LogP) is 2.06. The molecule has 0 spiro atoms. The van der Waals surface area contributed by atoms with Gasteiger partial charge in [0.15, 0.2) is 0 Å². The molecule has 1 aliphatic rings. The van der Waals surface area contributed by atoms with Crippen LogP contribution in [0, 0.1) is 24.2 Å². The van der Waals surface area contributed by atoms with Crippen LogP contribution in [0.2, 0.25) is 0 Å². The molecular formula is C8H12. The molecule has 0 bridgehead atoms. The van der Waals surface area contributed by atoms with E-state index >= 15 is 0 Å². The summed E-state index contributed by atoms with van der Waals surface area (Å²) < 4.78 is 0. The molecule has 0 aromatic carbocycles. The van der Waals surface area contributed by atoms with Crippen molar-refractivity contribution in [3.05, 3.63) is 0 Å². The number of hydrogen-bond acceptors (Lipinski definition) is 0. The van der Waals surface area contributed by atoms with Gasteiger partial charge in [-0.2, -0.15) is 0 Å². The molecule has 1 rings (SSSR count). The molecule has 0 N–H and O–H groups in total. The zero-order chi connectivity index (χ0) is 5.98. The van der Waals surface area contributed by atoms with Crippen LogP contribution in [-0.2, 0) is 0 Å². The van der Waals surface area contributed by atoms with E-state index in [4.69, 9.17) is 6.42 Å². The van der Waals surface area contributed by atoms with Gasteiger partial charge >= 0.3 is 0 Å². The van der Waals surface area contributed by atoms with Gasteiger partial charge in [-0.1, -0.05) is 19.8 Å². The highest BCUT2D eigenvalue weighted by Crippen LogP contribution is 2.34. The first-order chi connectivity index (χ1) is 3.83. The molecule has 1 fully saturated rings. The first-order valence-electron chi connectivity index (χ1n) is 3.29. The van der Waals surface area contributed by atoms with Gasteiger partial charge in [0.25, 0.3) is 0 Å². The Labute approximate surface area is 51.3 Å². The van der Waals surface area contributed by atoms with E-state index in [0.717, 1.165) is 5.92 Å². The van der Waals surface area contributed by atoms with Crippen molar-refractivity contribution < 1.29 is 0 Å². The van der Waals surface area contributed by atoms with Crippen LogP contribution < -0.4 is 0 Å². The lowest BCUT2D eigenvalue weighted by Gasteiger charge is -1.97. The highest BCUT2D eigenvalue weighted by molar-refractivity contribution is 4.93. The third kappa shape index (κ3) is 1.58. The summed E-state index contributed by atoms with van der Waals surface area (Å²) in [5.41, 5.74) is 0. The highest BCUT2D eigenvalue weighted by atomic mass is 14.3. The first-order valence-corrected chi connectivity index (χ1v) is 3.29. The fourth-order valence-electron chi connectivity index (χ4n) is 0.922. The van der Waals surface area contributed by atoms with E-state index in [1.807, 2.05) is 0 Å². The first kappa shape index (κ1) is 5.69. The van der Waals surface area contributed by atoms with Crippen molar-refractivity contribution in [2.75, 3.05) is 0 Å². The third-order valence-corrected chi connectivity index (χ3v) is 1.67. The Bertz CT molecular complexity index is 104. The lowest BCUT2D eigenvalue weighted by molar-refractivity contribution is 0.608. The van der Waals surface area contributed by atoms with Crippen LogP contribution in [0.25, 0.3) is 0 Å². The van der Waals surface area contributed by atoms with Crippen molar-refractivity contribution in [1.29, 1.82) is 0 Å². The van der Waals surface area contributed by atoms with Crippen LogP contribution in [0.15, 0.2) is 0 Å². The maximum Gasteiger partial charge on any atom is 0.0174 e. The van der Waals surface area contributed by atoms with E-state index in [9.17, 15) is 0 Å². The maximum absolute atomic E-state index is 5.20. The van der Waals surface area contributed by atoms with Crippen LogP contribution in [0.5, 0.6) is 0 Å². The van der Waals surface area contributed by atoms with Gasteiger partial charge in [-0.15, -0.1) is 12.3 Å². The average molecular weight is 108 g/mol. The molecule has 0 heterocycles. The third-order valence-electron chi connectivity index (χ3n) is 1.67. The Morgan fingerprint density at radius 1 is 1.75 bits per heavy atom. The fourth-order valence-corrected chi connectivity index (χ4v) is 0.922. The molecule has 0 heteroatoms. The number of rotatable bonds is 2. The molecule has 0 aromatic rings. The normalized spacial score (nSPS) is 22.0. The summed E-state index contributed by atoms with van der Waals surface area (Å²) in [7, 11) is 0. The van der Waals surface area contributed by atoms with Crippen LogP contribution in [-0.4, -0.2) is 0 Å². The van der Waals surface area contributed by atoms with Crippen molar-refractivity contribution in [3.63, 3.8) is 0 Å². The average Bonchev–Trinajstić information content (AvgIpc) is 2.50. The minimum absolute atomic E-state index is 0.516. The minimum Gasteiger partial charge on any atom is -0.120 e. The monoisotopic (exact) mass is 108 g/mol. The lowest BCUT2D eigenvalue weighted by Crippen LogP contribution is -1.89. The van der Waals surface area contributed by atoms with Crippen LogP contribution in [0.1, 0.15) is 26.2 Å². The summed E-state index contributed by atoms with van der Waals surface area (Å²) in [5, 5.41) is 0. The van der Waals surface area contributed by atoms with Gasteiger partial charge in [-0.25, -0.2) is 0 Å². The molecule has 0 saturated heterocycles. The van der Waals surface area contributed by atoms with Gasteiger partial charge in [0.05, 0.1) is 0 Å². The zero-order valence-corrected chi connectivity index (χ0v) is 5.35. The molecule has 0 nitrogen and oxygen atoms in total. The van der Waals surface area contributed by atoms with E-state index in [1.54, 1.807) is 0 Å². The molecule has 0 amide bonds. The summed E-state index contributed by atoms with van der Waals surface area (Å²) in [5.74, 6) is 4.24. The number of hydrogen-bond donors (Lipinski definition) is 0. The molecular weight excluding hydrogens is 96.1 g/mol. The Morgan fingerprint density at radius 2 is 2.38 bits per heavy atom. The predicted molar refractivity (Wildman–Crippen MR) is 35.3 cm³/mol. The molecule has 44 valence electrons. The second kappa shape index (κ2) is 2.22. The van der Waals surface area contributed by atoms with Gasteiger partial charge in [0.1, 0.15) is 0 Å². The Balaban J connectivity index is 2.09. The van der Waals surface area contributed by atoms with Crippen LogP contribution in [0.3, 0.4) is 0 Å². The SMILES string of the molecule is C#CC(C)CC1CC1. The largest absolute Gasteiger partial charge is 0.120 e. The number of terminal acetylenes is 1. The summed E-state index contributed by atoms with van der Waals surface area (Å²) in [6, 6.07) is 0. The smallest absolute Gasteiger partial charge is 0.0174 e. The molecule has 1 saturated carbocycles. The Kier molecular flexibility index (Phi) is 1.58. The molecule has 0 radical (unpaired) electrons. The quantitative estimate of drug-likeness (QED) is 0.475. The molecule has 8 heavy (non-hydrogen) atoms. The van der Waals surface area contributed by atoms with E-state index in [0.29, 0.717) is 5.92 Å². The van der Waals surface area contributed by atoms with Gasteiger partial charge in [0, 0.05) is 5.92 Å². The lowest BCUT2D eigenvalue weighted by atomic mass is 10.1. The van der Waals surface area contributed by atoms with E-state index < -0.39 is 0 Å². The van der Waals surface area contributed by atoms with Crippen molar-refractivity contribution >= 4 is 0 Å². The van der Waals surface area contributed by atoms with E-state index in [2.05, 4.69) is 12.8 Å². The van der Waals surface area contributed by atoms with E-state index in [-0.39, 0.29) is 0 Å². The molecule has 1 aliphatic carbocycles. The van der Waals surface area contributed by atoms with E-state index in [1.165, 1.54) is 19.3 Å². The van der Waals surface area contributed by atoms with Crippen molar-refractivity contribution in [2.45, 2.75) is 26.2 Å². The van der Waals surface area contributed by atoms with Crippen LogP contribution >= 0.6 is 0 Å². The summed E-state index contributed by atoms with van der Waals surface area (Å²) >= 11 is 0. The topological polar surface area (TPSA) is 0 Å². The molecule has 0 aromatic heterocycles. The van der Waals surface area contributed by atoms with Crippen LogP contribution in [0.4, 0.5) is 0 Å².